The number of hydrogen-bond acceptors (Lipinski definition) is 2. The number of nitrogens with one attached hydrogen (secondary N) is 1. The maximum absolute atomic E-state index is 3.44. The van der Waals surface area contributed by atoms with E-state index in [4.69, 9.17) is 0 Å². The fourth-order valence-corrected chi connectivity index (χ4v) is 3.41. The molecule has 1 aromatic rings. The Kier molecular flexibility index (Phi) is 12.3. The second-order valence-corrected chi connectivity index (χ2v) is 7.91. The van der Waals surface area contributed by atoms with Crippen molar-refractivity contribution in [3.63, 3.8) is 0 Å². The molecule has 0 saturated carbocycles. The molecule has 0 amide bonds. The lowest BCUT2D eigenvalue weighted by Gasteiger charge is -2.23. The maximum Gasteiger partial charge on any atom is -0.00247 e. The number of piperidine rings is 1. The van der Waals surface area contributed by atoms with E-state index in [1.165, 1.54) is 75.7 Å². The van der Waals surface area contributed by atoms with Crippen LogP contribution >= 0.6 is 0 Å². The summed E-state index contributed by atoms with van der Waals surface area (Å²) in [5.41, 5.74) is 4.54. The molecule has 1 aliphatic heterocycles. The van der Waals surface area contributed by atoms with Gasteiger partial charge in [0.15, 0.2) is 0 Å². The third-order valence-corrected chi connectivity index (χ3v) is 5.25. The van der Waals surface area contributed by atoms with Crippen LogP contribution in [0.5, 0.6) is 0 Å². The highest BCUT2D eigenvalue weighted by Gasteiger charge is 2.14. The first-order valence-electron chi connectivity index (χ1n) is 10.6. The van der Waals surface area contributed by atoms with Crippen molar-refractivity contribution in [3.8, 4) is 0 Å². The number of benzene rings is 1. The van der Waals surface area contributed by atoms with Gasteiger partial charge in [0.05, 0.1) is 0 Å². The molecule has 0 aliphatic carbocycles. The molecule has 1 aliphatic rings. The van der Waals surface area contributed by atoms with Crippen molar-refractivity contribution in [1.29, 1.82) is 0 Å². The largest absolute Gasteiger partial charge is 0.317 e. The molecule has 0 aromatic heterocycles. The van der Waals surface area contributed by atoms with Crippen molar-refractivity contribution in [2.24, 2.45) is 0 Å². The predicted molar refractivity (Wildman–Crippen MR) is 117 cm³/mol. The van der Waals surface area contributed by atoms with E-state index in [1.807, 2.05) is 0 Å². The normalized spacial score (nSPS) is 15.7. The van der Waals surface area contributed by atoms with Crippen LogP contribution in [0, 0.1) is 0 Å². The van der Waals surface area contributed by atoms with Gasteiger partial charge in [-0.2, -0.15) is 0 Å². The number of hydrogen-bond donors (Lipinski definition) is 1. The molecule has 2 rings (SSSR count). The number of unbranched alkanes of at least 4 members (excludes halogenated alkanes) is 1. The van der Waals surface area contributed by atoms with Crippen molar-refractivity contribution < 1.29 is 0 Å². The third-order valence-electron chi connectivity index (χ3n) is 5.25. The minimum absolute atomic E-state index is 0.782. The summed E-state index contributed by atoms with van der Waals surface area (Å²) in [6.07, 6.45) is 11.1. The monoisotopic (exact) mass is 358 g/mol. The van der Waals surface area contributed by atoms with Gasteiger partial charge in [0.2, 0.25) is 0 Å². The summed E-state index contributed by atoms with van der Waals surface area (Å²) in [6, 6.07) is 9.40. The van der Waals surface area contributed by atoms with E-state index in [1.54, 1.807) is 5.56 Å². The molecule has 0 radical (unpaired) electrons. The molecule has 0 atom stereocenters. The van der Waals surface area contributed by atoms with Gasteiger partial charge in [0, 0.05) is 0 Å². The molecule has 2 nitrogen and oxygen atoms in total. The van der Waals surface area contributed by atoms with Crippen LogP contribution < -0.4 is 5.32 Å². The summed E-state index contributed by atoms with van der Waals surface area (Å²) in [6.45, 7) is 10.0. The van der Waals surface area contributed by atoms with Crippen LogP contribution in [0.4, 0.5) is 0 Å². The van der Waals surface area contributed by atoms with Crippen LogP contribution in [-0.2, 0) is 6.42 Å². The molecule has 0 unspecified atom stereocenters. The fraction of sp³-hybridized carbons (Fsp3) is 0.667. The van der Waals surface area contributed by atoms with Gasteiger partial charge in [-0.1, -0.05) is 49.3 Å². The third kappa shape index (κ3) is 10.1. The van der Waals surface area contributed by atoms with E-state index in [-0.39, 0.29) is 0 Å². The quantitative estimate of drug-likeness (QED) is 0.467. The van der Waals surface area contributed by atoms with Crippen molar-refractivity contribution in [2.45, 2.75) is 71.6 Å². The summed E-state index contributed by atoms with van der Waals surface area (Å²) < 4.78 is 0. The lowest BCUT2D eigenvalue weighted by molar-refractivity contribution is 0.394. The topological polar surface area (TPSA) is 15.3 Å². The highest BCUT2D eigenvalue weighted by atomic mass is 15.0. The molecule has 1 heterocycles. The van der Waals surface area contributed by atoms with Gasteiger partial charge in [-0.05, 0) is 103 Å². The Morgan fingerprint density at radius 3 is 2.27 bits per heavy atom. The summed E-state index contributed by atoms with van der Waals surface area (Å²) in [7, 11) is 4.29. The molecule has 0 bridgehead atoms. The molecule has 148 valence electrons. The second-order valence-electron chi connectivity index (χ2n) is 7.91. The van der Waals surface area contributed by atoms with E-state index in [9.17, 15) is 0 Å². The van der Waals surface area contributed by atoms with Gasteiger partial charge in [0.25, 0.3) is 0 Å². The van der Waals surface area contributed by atoms with Gasteiger partial charge >= 0.3 is 0 Å². The minimum atomic E-state index is 0.782. The fourth-order valence-electron chi connectivity index (χ4n) is 3.41. The van der Waals surface area contributed by atoms with Crippen molar-refractivity contribution >= 4 is 0 Å². The van der Waals surface area contributed by atoms with Gasteiger partial charge in [-0.15, -0.1) is 0 Å². The molecular formula is C24H42N2. The summed E-state index contributed by atoms with van der Waals surface area (Å²) in [5, 5.41) is 3.44. The Bertz CT molecular complexity index is 481. The summed E-state index contributed by atoms with van der Waals surface area (Å²) in [4.78, 5) is 2.26. The number of aryl methyl sites for hydroxylation is 1. The zero-order valence-corrected chi connectivity index (χ0v) is 18.0. The lowest BCUT2D eigenvalue weighted by atomic mass is 9.89. The Hall–Kier alpha value is -1.12. The summed E-state index contributed by atoms with van der Waals surface area (Å²) in [5.74, 6) is 0.782. The van der Waals surface area contributed by atoms with E-state index in [0.717, 1.165) is 5.92 Å². The first-order valence-corrected chi connectivity index (χ1v) is 10.6. The molecule has 1 saturated heterocycles. The van der Waals surface area contributed by atoms with Crippen LogP contribution in [-0.4, -0.2) is 38.6 Å². The highest BCUT2D eigenvalue weighted by molar-refractivity contribution is 5.26. The van der Waals surface area contributed by atoms with Crippen molar-refractivity contribution in [1.82, 2.24) is 10.2 Å². The molecule has 1 fully saturated rings. The number of rotatable bonds is 8. The number of allylic oxidation sites excluding steroid dienone is 2. The molecular weight excluding hydrogens is 316 g/mol. The predicted octanol–water partition coefficient (Wildman–Crippen LogP) is 5.79. The van der Waals surface area contributed by atoms with E-state index in [2.05, 4.69) is 75.4 Å². The highest BCUT2D eigenvalue weighted by Crippen LogP contribution is 2.25. The molecule has 0 spiro atoms. The Balaban J connectivity index is 0.000000412. The Morgan fingerprint density at radius 1 is 1.12 bits per heavy atom. The average Bonchev–Trinajstić information content (AvgIpc) is 2.67. The van der Waals surface area contributed by atoms with Crippen LogP contribution in [0.25, 0.3) is 0 Å². The SMILES string of the molecule is C/C=C(\C)CCC.CN(C)CCCCc1ccc(C2CCNCC2)cc1. The van der Waals surface area contributed by atoms with Crippen LogP contribution in [0.1, 0.15) is 76.3 Å². The first-order chi connectivity index (χ1) is 12.6. The van der Waals surface area contributed by atoms with Crippen LogP contribution in [0.2, 0.25) is 0 Å². The smallest absolute Gasteiger partial charge is 0.00247 e. The second kappa shape index (κ2) is 14.0. The molecule has 2 heteroatoms. The number of nitrogens with zero attached hydrogens (tertiary/aromatic N) is 1. The van der Waals surface area contributed by atoms with Crippen molar-refractivity contribution in [3.05, 3.63) is 47.0 Å². The van der Waals surface area contributed by atoms with Gasteiger partial charge in [-0.25, -0.2) is 0 Å². The van der Waals surface area contributed by atoms with Gasteiger partial charge < -0.3 is 10.2 Å². The van der Waals surface area contributed by atoms with Crippen LogP contribution in [0.15, 0.2) is 35.9 Å². The van der Waals surface area contributed by atoms with Gasteiger partial charge in [0.1, 0.15) is 0 Å². The zero-order valence-electron chi connectivity index (χ0n) is 18.0. The zero-order chi connectivity index (χ0) is 19.2. The van der Waals surface area contributed by atoms with E-state index >= 15 is 0 Å². The van der Waals surface area contributed by atoms with E-state index in [0.29, 0.717) is 0 Å². The Labute approximate surface area is 163 Å². The lowest BCUT2D eigenvalue weighted by Crippen LogP contribution is -2.26. The molecule has 1 aromatic carbocycles. The molecule has 26 heavy (non-hydrogen) atoms. The standard InChI is InChI=1S/C17H28N2.C7H14/c1-19(2)14-4-3-5-15-6-8-16(9-7-15)17-10-12-18-13-11-17;1-4-6-7(3)5-2/h6-9,17-18H,3-5,10-14H2,1-2H3;5H,4,6H2,1-3H3/b;7-5+. The van der Waals surface area contributed by atoms with Crippen LogP contribution in [0.3, 0.4) is 0 Å². The van der Waals surface area contributed by atoms with E-state index < -0.39 is 0 Å². The Morgan fingerprint density at radius 2 is 1.77 bits per heavy atom. The summed E-state index contributed by atoms with van der Waals surface area (Å²) >= 11 is 0. The average molecular weight is 359 g/mol. The van der Waals surface area contributed by atoms with Gasteiger partial charge in [-0.3, -0.25) is 0 Å². The maximum atomic E-state index is 3.44. The first kappa shape index (κ1) is 22.9. The van der Waals surface area contributed by atoms with Crippen molar-refractivity contribution in [2.75, 3.05) is 33.7 Å². The molecule has 1 N–H and O–H groups in total. The minimum Gasteiger partial charge on any atom is -0.317 e.